The van der Waals surface area contributed by atoms with Crippen molar-refractivity contribution in [2.24, 2.45) is 7.05 Å². The molecule has 0 atom stereocenters. The fourth-order valence-corrected chi connectivity index (χ4v) is 5.28. The molecule has 0 N–H and O–H groups in total. The second-order valence-electron chi connectivity index (χ2n) is 8.57. The Hall–Kier alpha value is -3.13. The summed E-state index contributed by atoms with van der Waals surface area (Å²) in [4.78, 5) is 0. The third-order valence-corrected chi connectivity index (χ3v) is 6.67. The topological polar surface area (TPSA) is 13.1 Å². The molecule has 2 aliphatic rings. The third kappa shape index (κ3) is 1.76. The molecule has 0 fully saturated rings. The lowest BCUT2D eigenvalue weighted by Crippen LogP contribution is -2.32. The van der Waals surface area contributed by atoms with E-state index in [1.807, 2.05) is 0 Å². The number of hydrogen-bond acceptors (Lipinski definition) is 1. The first-order valence-electron chi connectivity index (χ1n) is 9.86. The van der Waals surface area contributed by atoms with Crippen LogP contribution in [0.2, 0.25) is 0 Å². The molecular formula is C26H22NO+. The molecule has 0 bridgehead atoms. The van der Waals surface area contributed by atoms with E-state index in [1.54, 1.807) is 0 Å². The number of hydrogen-bond donors (Lipinski definition) is 0. The number of aromatic nitrogens is 1. The van der Waals surface area contributed by atoms with Gasteiger partial charge in [-0.1, -0.05) is 50.2 Å². The summed E-state index contributed by atoms with van der Waals surface area (Å²) in [5.41, 5.74) is 9.24. The van der Waals surface area contributed by atoms with Gasteiger partial charge in [0.05, 0.1) is 10.9 Å². The van der Waals surface area contributed by atoms with Crippen LogP contribution in [-0.2, 0) is 12.5 Å². The number of rotatable bonds is 0. The Labute approximate surface area is 165 Å². The van der Waals surface area contributed by atoms with Crippen LogP contribution in [0.15, 0.2) is 60.8 Å². The molecule has 1 aliphatic carbocycles. The van der Waals surface area contributed by atoms with Crippen molar-refractivity contribution in [1.82, 2.24) is 0 Å². The van der Waals surface area contributed by atoms with E-state index in [-0.39, 0.29) is 5.41 Å². The molecule has 6 rings (SSSR count). The monoisotopic (exact) mass is 364 g/mol. The summed E-state index contributed by atoms with van der Waals surface area (Å²) in [5.74, 6) is 1.92. The first-order chi connectivity index (χ1) is 13.5. The summed E-state index contributed by atoms with van der Waals surface area (Å²) < 4.78 is 8.72. The van der Waals surface area contributed by atoms with E-state index in [1.165, 1.54) is 49.8 Å². The minimum atomic E-state index is -0.0275. The summed E-state index contributed by atoms with van der Waals surface area (Å²) in [6.45, 7) is 6.90. The van der Waals surface area contributed by atoms with Crippen molar-refractivity contribution >= 4 is 10.8 Å². The van der Waals surface area contributed by atoms with E-state index in [0.29, 0.717) is 0 Å². The Kier molecular flexibility index (Phi) is 2.85. The molecule has 136 valence electrons. The molecule has 0 spiro atoms. The molecule has 0 unspecified atom stereocenters. The smallest absolute Gasteiger partial charge is 0.228 e. The zero-order chi connectivity index (χ0) is 19.2. The predicted molar refractivity (Wildman–Crippen MR) is 113 cm³/mol. The fraction of sp³-hybridized carbons (Fsp3) is 0.192. The van der Waals surface area contributed by atoms with Crippen molar-refractivity contribution in [2.75, 3.05) is 0 Å². The predicted octanol–water partition coefficient (Wildman–Crippen LogP) is 6.05. The maximum atomic E-state index is 6.49. The van der Waals surface area contributed by atoms with Gasteiger partial charge in [0, 0.05) is 11.5 Å². The third-order valence-electron chi connectivity index (χ3n) is 6.67. The minimum Gasteiger partial charge on any atom is -0.456 e. The van der Waals surface area contributed by atoms with E-state index < -0.39 is 0 Å². The van der Waals surface area contributed by atoms with Gasteiger partial charge in [0.1, 0.15) is 18.5 Å². The van der Waals surface area contributed by atoms with Crippen molar-refractivity contribution in [3.05, 3.63) is 77.5 Å². The average Bonchev–Trinajstić information content (AvgIpc) is 2.92. The Bertz CT molecular complexity index is 1330. The van der Waals surface area contributed by atoms with E-state index in [4.69, 9.17) is 4.74 Å². The van der Waals surface area contributed by atoms with Crippen LogP contribution >= 0.6 is 0 Å². The highest BCUT2D eigenvalue weighted by Gasteiger charge is 2.40. The maximum Gasteiger partial charge on any atom is 0.228 e. The van der Waals surface area contributed by atoms with Gasteiger partial charge in [0.15, 0.2) is 6.20 Å². The quantitative estimate of drug-likeness (QED) is 0.305. The lowest BCUT2D eigenvalue weighted by Gasteiger charge is -2.26. The summed E-state index contributed by atoms with van der Waals surface area (Å²) in [5, 5.41) is 2.42. The van der Waals surface area contributed by atoms with Gasteiger partial charge < -0.3 is 4.74 Å². The minimum absolute atomic E-state index is 0.0275. The van der Waals surface area contributed by atoms with Crippen molar-refractivity contribution in [3.63, 3.8) is 0 Å². The van der Waals surface area contributed by atoms with Gasteiger partial charge in [-0.15, -0.1) is 0 Å². The molecular weight excluding hydrogens is 342 g/mol. The molecule has 2 heterocycles. The number of benzene rings is 3. The largest absolute Gasteiger partial charge is 0.456 e. The van der Waals surface area contributed by atoms with Crippen LogP contribution in [0.3, 0.4) is 0 Å². The second kappa shape index (κ2) is 5.02. The average molecular weight is 364 g/mol. The van der Waals surface area contributed by atoms with Gasteiger partial charge in [-0.05, 0) is 52.3 Å². The molecule has 0 amide bonds. The molecule has 0 saturated carbocycles. The van der Waals surface area contributed by atoms with Crippen molar-refractivity contribution in [2.45, 2.75) is 26.2 Å². The maximum absolute atomic E-state index is 6.49. The van der Waals surface area contributed by atoms with Crippen LogP contribution < -0.4 is 9.30 Å². The van der Waals surface area contributed by atoms with Gasteiger partial charge in [-0.25, -0.2) is 4.57 Å². The Morgan fingerprint density at radius 3 is 2.54 bits per heavy atom. The fourth-order valence-electron chi connectivity index (χ4n) is 5.28. The zero-order valence-electron chi connectivity index (χ0n) is 16.6. The van der Waals surface area contributed by atoms with Gasteiger partial charge >= 0.3 is 0 Å². The number of aryl methyl sites for hydroxylation is 1. The number of fused-ring (bicyclic) bond motifs is 5. The van der Waals surface area contributed by atoms with Gasteiger partial charge in [0.2, 0.25) is 5.69 Å². The summed E-state index contributed by atoms with van der Waals surface area (Å²) in [6, 6.07) is 19.6. The van der Waals surface area contributed by atoms with Crippen LogP contribution in [0, 0.1) is 6.92 Å². The van der Waals surface area contributed by atoms with E-state index in [2.05, 4.69) is 93.2 Å². The normalized spacial score (nSPS) is 15.0. The molecule has 28 heavy (non-hydrogen) atoms. The molecule has 4 aromatic rings. The molecule has 1 aromatic heterocycles. The Morgan fingerprint density at radius 1 is 0.857 bits per heavy atom. The van der Waals surface area contributed by atoms with Gasteiger partial charge in [-0.3, -0.25) is 0 Å². The number of ether oxygens (including phenoxy) is 1. The van der Waals surface area contributed by atoms with Crippen LogP contribution in [0.5, 0.6) is 11.5 Å². The highest BCUT2D eigenvalue weighted by molar-refractivity contribution is 6.03. The van der Waals surface area contributed by atoms with Crippen LogP contribution in [-0.4, -0.2) is 0 Å². The lowest BCUT2D eigenvalue weighted by atomic mass is 9.81. The SMILES string of the molecule is Cc1c2c(cc3c1-c1ccccc1C3(C)C)Oc1cccc3cc[n+](C)c-2c13. The highest BCUT2D eigenvalue weighted by atomic mass is 16.5. The van der Waals surface area contributed by atoms with Crippen LogP contribution in [0.4, 0.5) is 0 Å². The highest BCUT2D eigenvalue weighted by Crippen LogP contribution is 2.56. The Balaban J connectivity index is 1.78. The summed E-state index contributed by atoms with van der Waals surface area (Å²) in [6.07, 6.45) is 2.15. The number of pyridine rings is 1. The van der Waals surface area contributed by atoms with Gasteiger partial charge in [0.25, 0.3) is 0 Å². The molecule has 3 aromatic carbocycles. The van der Waals surface area contributed by atoms with E-state index >= 15 is 0 Å². The standard InChI is InChI=1S/C26H22NO/c1-15-22-17-9-5-6-10-18(17)26(2,3)19(22)14-21-23(15)25-24-16(12-13-27(25)4)8-7-11-20(24)28-21/h5-14H,1-4H3/q+1. The van der Waals surface area contributed by atoms with Gasteiger partial charge in [-0.2, -0.15) is 0 Å². The zero-order valence-corrected chi connectivity index (χ0v) is 16.6. The summed E-state index contributed by atoms with van der Waals surface area (Å²) in [7, 11) is 2.13. The van der Waals surface area contributed by atoms with Crippen molar-refractivity contribution in [3.8, 4) is 33.9 Å². The first kappa shape index (κ1) is 15.9. The molecule has 2 heteroatoms. The summed E-state index contributed by atoms with van der Waals surface area (Å²) >= 11 is 0. The second-order valence-corrected chi connectivity index (χ2v) is 8.57. The molecule has 1 aliphatic heterocycles. The lowest BCUT2D eigenvalue weighted by molar-refractivity contribution is -0.659. The van der Waals surface area contributed by atoms with Crippen molar-refractivity contribution < 1.29 is 9.30 Å². The molecule has 2 nitrogen and oxygen atoms in total. The number of nitrogens with zero attached hydrogens (tertiary/aromatic N) is 1. The van der Waals surface area contributed by atoms with Crippen LogP contribution in [0.1, 0.15) is 30.5 Å². The van der Waals surface area contributed by atoms with Crippen LogP contribution in [0.25, 0.3) is 33.2 Å². The van der Waals surface area contributed by atoms with E-state index in [9.17, 15) is 0 Å². The van der Waals surface area contributed by atoms with E-state index in [0.717, 1.165) is 11.5 Å². The Morgan fingerprint density at radius 2 is 1.68 bits per heavy atom. The van der Waals surface area contributed by atoms with Crippen molar-refractivity contribution in [1.29, 1.82) is 0 Å². The first-order valence-corrected chi connectivity index (χ1v) is 9.86. The molecule has 0 radical (unpaired) electrons. The molecule has 0 saturated heterocycles.